The predicted molar refractivity (Wildman–Crippen MR) is 93.6 cm³/mol. The second kappa shape index (κ2) is 9.47. The van der Waals surface area contributed by atoms with E-state index in [9.17, 15) is 23.7 Å². The minimum atomic E-state index is -2.51. The van der Waals surface area contributed by atoms with Gasteiger partial charge in [-0.25, -0.2) is 0 Å². The number of nitrogens with zero attached hydrogens (tertiary/aromatic N) is 2. The lowest BCUT2D eigenvalue weighted by Gasteiger charge is -2.05. The van der Waals surface area contributed by atoms with E-state index >= 15 is 0 Å². The summed E-state index contributed by atoms with van der Waals surface area (Å²) in [5, 5.41) is 16.8. The third-order valence-electron chi connectivity index (χ3n) is 2.92. The lowest BCUT2D eigenvalue weighted by Crippen LogP contribution is -2.16. The van der Waals surface area contributed by atoms with Crippen LogP contribution in [-0.2, 0) is 9.63 Å². The molecule has 7 nitrogen and oxygen atoms in total. The van der Waals surface area contributed by atoms with Crippen LogP contribution in [0, 0.1) is 10.1 Å². The molecule has 0 atom stereocenters. The SMILES string of the molecule is O=C(CO/N=C\c1cccc([N+](=O)[O-])c1)Nc1ccc(SC(F)F)cc1. The summed E-state index contributed by atoms with van der Waals surface area (Å²) in [4.78, 5) is 27.0. The molecule has 0 saturated carbocycles. The zero-order chi connectivity index (χ0) is 18.9. The predicted octanol–water partition coefficient (Wildman–Crippen LogP) is 3.90. The molecule has 0 aliphatic carbocycles. The standard InChI is InChI=1S/C16H13F2N3O4S/c17-16(18)26-14-6-4-12(5-7-14)20-15(22)10-25-19-9-11-2-1-3-13(8-11)21(23)24/h1-9,16H,10H2,(H,20,22)/b19-9-. The van der Waals surface area contributed by atoms with Gasteiger partial charge in [0, 0.05) is 28.3 Å². The van der Waals surface area contributed by atoms with Crippen LogP contribution in [0.4, 0.5) is 20.2 Å². The second-order valence-corrected chi connectivity index (χ2v) is 5.87. The average molecular weight is 381 g/mol. The highest BCUT2D eigenvalue weighted by Crippen LogP contribution is 2.26. The van der Waals surface area contributed by atoms with Crippen LogP contribution in [0.2, 0.25) is 0 Å². The van der Waals surface area contributed by atoms with Gasteiger partial charge in [0.15, 0.2) is 6.61 Å². The number of amides is 1. The van der Waals surface area contributed by atoms with Crippen LogP contribution in [0.3, 0.4) is 0 Å². The molecule has 0 aliphatic heterocycles. The van der Waals surface area contributed by atoms with E-state index in [-0.39, 0.29) is 12.3 Å². The summed E-state index contributed by atoms with van der Waals surface area (Å²) in [6, 6.07) is 11.7. The summed E-state index contributed by atoms with van der Waals surface area (Å²) >= 11 is 0.412. The molecule has 0 bridgehead atoms. The van der Waals surface area contributed by atoms with E-state index in [0.717, 1.165) is 0 Å². The third kappa shape index (κ3) is 6.48. The van der Waals surface area contributed by atoms with Crippen LogP contribution in [0.5, 0.6) is 0 Å². The zero-order valence-electron chi connectivity index (χ0n) is 13.2. The molecule has 2 rings (SSSR count). The van der Waals surface area contributed by atoms with Crippen molar-refractivity contribution >= 4 is 35.3 Å². The molecule has 0 radical (unpaired) electrons. The first-order valence-corrected chi connectivity index (χ1v) is 8.06. The van der Waals surface area contributed by atoms with E-state index in [1.807, 2.05) is 0 Å². The van der Waals surface area contributed by atoms with Crippen molar-refractivity contribution in [1.82, 2.24) is 0 Å². The molecule has 0 unspecified atom stereocenters. The summed E-state index contributed by atoms with van der Waals surface area (Å²) < 4.78 is 24.4. The minimum Gasteiger partial charge on any atom is -0.386 e. The lowest BCUT2D eigenvalue weighted by atomic mass is 10.2. The third-order valence-corrected chi connectivity index (χ3v) is 3.64. The van der Waals surface area contributed by atoms with Gasteiger partial charge >= 0.3 is 0 Å². The number of hydrogen-bond acceptors (Lipinski definition) is 6. The number of benzene rings is 2. The Hall–Kier alpha value is -3.01. The van der Waals surface area contributed by atoms with Gasteiger partial charge in [-0.05, 0) is 24.3 Å². The molecule has 0 heterocycles. The van der Waals surface area contributed by atoms with Crippen LogP contribution in [-0.4, -0.2) is 29.4 Å². The Morgan fingerprint density at radius 1 is 1.31 bits per heavy atom. The van der Waals surface area contributed by atoms with Gasteiger partial charge in [-0.3, -0.25) is 14.9 Å². The van der Waals surface area contributed by atoms with E-state index in [2.05, 4.69) is 10.5 Å². The molecule has 2 aromatic rings. The van der Waals surface area contributed by atoms with Crippen molar-refractivity contribution in [2.75, 3.05) is 11.9 Å². The quantitative estimate of drug-likeness (QED) is 0.324. The topological polar surface area (TPSA) is 93.8 Å². The number of alkyl halides is 2. The van der Waals surface area contributed by atoms with Crippen molar-refractivity contribution in [3.63, 3.8) is 0 Å². The Kier molecular flexibility index (Phi) is 7.03. The summed E-state index contributed by atoms with van der Waals surface area (Å²) in [5.74, 6) is -3.00. The van der Waals surface area contributed by atoms with Crippen molar-refractivity contribution in [3.8, 4) is 0 Å². The van der Waals surface area contributed by atoms with Crippen molar-refractivity contribution in [3.05, 3.63) is 64.2 Å². The molecule has 1 N–H and O–H groups in total. The van der Waals surface area contributed by atoms with Crippen LogP contribution in [0.1, 0.15) is 5.56 Å². The maximum absolute atomic E-state index is 12.2. The number of carbonyl (C=O) groups is 1. The largest absolute Gasteiger partial charge is 0.386 e. The number of non-ortho nitro benzene ring substituents is 1. The Balaban J connectivity index is 1.80. The van der Waals surface area contributed by atoms with Gasteiger partial charge in [-0.1, -0.05) is 29.1 Å². The van der Waals surface area contributed by atoms with E-state index in [0.29, 0.717) is 27.9 Å². The van der Waals surface area contributed by atoms with Gasteiger partial charge in [0.1, 0.15) is 0 Å². The van der Waals surface area contributed by atoms with E-state index in [4.69, 9.17) is 4.84 Å². The highest BCUT2D eigenvalue weighted by atomic mass is 32.2. The number of hydrogen-bond donors (Lipinski definition) is 1. The molecule has 0 aliphatic rings. The van der Waals surface area contributed by atoms with Gasteiger partial charge in [0.2, 0.25) is 0 Å². The number of nitrogens with one attached hydrogen (secondary N) is 1. The minimum absolute atomic E-state index is 0.0832. The van der Waals surface area contributed by atoms with Crippen LogP contribution in [0.25, 0.3) is 0 Å². The Bertz CT molecular complexity index is 800. The molecule has 0 spiro atoms. The van der Waals surface area contributed by atoms with Crippen LogP contribution >= 0.6 is 11.8 Å². The monoisotopic (exact) mass is 381 g/mol. The van der Waals surface area contributed by atoms with Crippen molar-refractivity contribution in [2.45, 2.75) is 10.7 Å². The maximum Gasteiger partial charge on any atom is 0.288 e. The molecule has 0 aromatic heterocycles. The second-order valence-electron chi connectivity index (χ2n) is 4.81. The Morgan fingerprint density at radius 3 is 2.69 bits per heavy atom. The molecule has 1 amide bonds. The van der Waals surface area contributed by atoms with E-state index in [1.54, 1.807) is 6.07 Å². The number of oxime groups is 1. The van der Waals surface area contributed by atoms with E-state index in [1.165, 1.54) is 48.7 Å². The molecule has 0 saturated heterocycles. The first kappa shape index (κ1) is 19.3. The van der Waals surface area contributed by atoms with Gasteiger partial charge in [0.05, 0.1) is 11.1 Å². The fourth-order valence-electron chi connectivity index (χ4n) is 1.83. The van der Waals surface area contributed by atoms with E-state index < -0.39 is 16.6 Å². The molecule has 0 fully saturated rings. The van der Waals surface area contributed by atoms with Gasteiger partial charge < -0.3 is 10.2 Å². The Morgan fingerprint density at radius 2 is 2.04 bits per heavy atom. The molecule has 2 aromatic carbocycles. The first-order valence-electron chi connectivity index (χ1n) is 7.18. The molecule has 10 heteroatoms. The van der Waals surface area contributed by atoms with Crippen LogP contribution < -0.4 is 5.32 Å². The summed E-state index contributed by atoms with van der Waals surface area (Å²) in [7, 11) is 0. The molecular weight excluding hydrogens is 368 g/mol. The highest BCUT2D eigenvalue weighted by Gasteiger charge is 2.07. The molecular formula is C16H13F2N3O4S. The number of halogens is 2. The number of carbonyl (C=O) groups excluding carboxylic acids is 1. The summed E-state index contributed by atoms with van der Waals surface area (Å²) in [6.45, 7) is -0.376. The highest BCUT2D eigenvalue weighted by molar-refractivity contribution is 7.99. The normalized spacial score (nSPS) is 10.9. The summed E-state index contributed by atoms with van der Waals surface area (Å²) in [6.07, 6.45) is 1.25. The number of rotatable bonds is 8. The summed E-state index contributed by atoms with van der Waals surface area (Å²) in [5.41, 5.74) is 0.798. The van der Waals surface area contributed by atoms with Crippen molar-refractivity contribution in [2.24, 2.45) is 5.16 Å². The maximum atomic E-state index is 12.2. The van der Waals surface area contributed by atoms with Gasteiger partial charge in [-0.15, -0.1) is 0 Å². The van der Waals surface area contributed by atoms with Crippen LogP contribution in [0.15, 0.2) is 58.6 Å². The van der Waals surface area contributed by atoms with Gasteiger partial charge in [-0.2, -0.15) is 8.78 Å². The first-order chi connectivity index (χ1) is 12.4. The Labute approximate surface area is 151 Å². The average Bonchev–Trinajstić information content (AvgIpc) is 2.60. The van der Waals surface area contributed by atoms with Gasteiger partial charge in [0.25, 0.3) is 17.4 Å². The number of nitro groups is 1. The zero-order valence-corrected chi connectivity index (χ0v) is 14.0. The lowest BCUT2D eigenvalue weighted by molar-refractivity contribution is -0.384. The smallest absolute Gasteiger partial charge is 0.288 e. The molecule has 26 heavy (non-hydrogen) atoms. The molecule has 136 valence electrons. The van der Waals surface area contributed by atoms with Crippen molar-refractivity contribution < 1.29 is 23.3 Å². The number of thioether (sulfide) groups is 1. The fourth-order valence-corrected chi connectivity index (χ4v) is 2.33. The number of nitro benzene ring substituents is 1. The van der Waals surface area contributed by atoms with Crippen molar-refractivity contribution in [1.29, 1.82) is 0 Å². The number of anilines is 1. The fraction of sp³-hybridized carbons (Fsp3) is 0.125.